The number of halogens is 2. The number of rotatable bonds is 4. The van der Waals surface area contributed by atoms with E-state index in [2.05, 4.69) is 5.32 Å². The highest BCUT2D eigenvalue weighted by Gasteiger charge is 2.21. The van der Waals surface area contributed by atoms with E-state index < -0.39 is 5.82 Å². The Morgan fingerprint density at radius 2 is 1.86 bits per heavy atom. The first kappa shape index (κ1) is 15.5. The van der Waals surface area contributed by atoms with Crippen LogP contribution in [0.2, 0.25) is 5.02 Å². The van der Waals surface area contributed by atoms with Crippen LogP contribution in [0.25, 0.3) is 0 Å². The average Bonchev–Trinajstić information content (AvgIpc) is 2.45. The normalized spacial score (nSPS) is 11.2. The maximum Gasteiger partial charge on any atom is 0.251 e. The van der Waals surface area contributed by atoms with E-state index in [0.717, 1.165) is 5.56 Å². The van der Waals surface area contributed by atoms with E-state index in [-0.39, 0.29) is 11.3 Å². The summed E-state index contributed by atoms with van der Waals surface area (Å²) in [6.45, 7) is 4.51. The van der Waals surface area contributed by atoms with Gasteiger partial charge in [0.1, 0.15) is 5.82 Å². The number of hydrogen-bond acceptors (Lipinski definition) is 1. The van der Waals surface area contributed by atoms with Crippen molar-refractivity contribution >= 4 is 17.5 Å². The predicted molar refractivity (Wildman–Crippen MR) is 83.2 cm³/mol. The smallest absolute Gasteiger partial charge is 0.251 e. The van der Waals surface area contributed by atoms with Crippen molar-refractivity contribution < 1.29 is 9.18 Å². The summed E-state index contributed by atoms with van der Waals surface area (Å²) in [5, 5.41) is 3.52. The second kappa shape index (κ2) is 6.27. The van der Waals surface area contributed by atoms with Crippen LogP contribution in [0.5, 0.6) is 0 Å². The first-order chi connectivity index (χ1) is 9.88. The van der Waals surface area contributed by atoms with Crippen molar-refractivity contribution in [1.82, 2.24) is 5.32 Å². The van der Waals surface area contributed by atoms with Crippen LogP contribution in [0.3, 0.4) is 0 Å². The average molecular weight is 306 g/mol. The van der Waals surface area contributed by atoms with Crippen molar-refractivity contribution in [1.29, 1.82) is 0 Å². The van der Waals surface area contributed by atoms with Crippen LogP contribution in [0.1, 0.15) is 29.8 Å². The van der Waals surface area contributed by atoms with Gasteiger partial charge in [-0.05, 0) is 35.9 Å². The molecule has 4 heteroatoms. The van der Waals surface area contributed by atoms with Gasteiger partial charge in [0.15, 0.2) is 0 Å². The largest absolute Gasteiger partial charge is 0.351 e. The molecule has 0 atom stereocenters. The third-order valence-corrected chi connectivity index (χ3v) is 3.66. The monoisotopic (exact) mass is 305 g/mol. The number of benzene rings is 2. The second-order valence-corrected chi connectivity index (χ2v) is 6.02. The van der Waals surface area contributed by atoms with Crippen LogP contribution in [0.4, 0.5) is 4.39 Å². The van der Waals surface area contributed by atoms with E-state index in [1.165, 1.54) is 18.2 Å². The molecule has 0 bridgehead atoms. The molecule has 0 saturated carbocycles. The van der Waals surface area contributed by atoms with Gasteiger partial charge in [0.2, 0.25) is 0 Å². The van der Waals surface area contributed by atoms with Crippen LogP contribution in [0.15, 0.2) is 48.5 Å². The minimum atomic E-state index is -0.417. The van der Waals surface area contributed by atoms with E-state index >= 15 is 0 Å². The SMILES string of the molecule is CC(C)(CNC(=O)c1cccc(F)c1)c1ccc(Cl)cc1. The lowest BCUT2D eigenvalue weighted by molar-refractivity contribution is 0.0945. The molecule has 0 unspecified atom stereocenters. The summed E-state index contributed by atoms with van der Waals surface area (Å²) in [6, 6.07) is 13.2. The molecule has 0 aromatic heterocycles. The highest BCUT2D eigenvalue weighted by atomic mass is 35.5. The van der Waals surface area contributed by atoms with Gasteiger partial charge in [-0.15, -0.1) is 0 Å². The van der Waals surface area contributed by atoms with Crippen molar-refractivity contribution in [3.63, 3.8) is 0 Å². The Hall–Kier alpha value is -1.87. The first-order valence-electron chi connectivity index (χ1n) is 6.68. The zero-order chi connectivity index (χ0) is 15.5. The molecule has 0 saturated heterocycles. The van der Waals surface area contributed by atoms with Gasteiger partial charge < -0.3 is 5.32 Å². The summed E-state index contributed by atoms with van der Waals surface area (Å²) in [5.74, 6) is -0.698. The van der Waals surface area contributed by atoms with Crippen LogP contribution in [-0.4, -0.2) is 12.5 Å². The van der Waals surface area contributed by atoms with E-state index in [0.29, 0.717) is 17.1 Å². The Balaban J connectivity index is 2.04. The van der Waals surface area contributed by atoms with Crippen molar-refractivity contribution in [3.05, 3.63) is 70.5 Å². The molecule has 2 aromatic carbocycles. The Morgan fingerprint density at radius 3 is 2.48 bits per heavy atom. The van der Waals surface area contributed by atoms with Gasteiger partial charge >= 0.3 is 0 Å². The molecule has 0 fully saturated rings. The third kappa shape index (κ3) is 4.05. The van der Waals surface area contributed by atoms with E-state index in [9.17, 15) is 9.18 Å². The lowest BCUT2D eigenvalue weighted by Crippen LogP contribution is -2.36. The van der Waals surface area contributed by atoms with Crippen molar-refractivity contribution in [3.8, 4) is 0 Å². The molecular formula is C17H17ClFNO. The minimum absolute atomic E-state index is 0.242. The molecule has 0 radical (unpaired) electrons. The molecule has 110 valence electrons. The summed E-state index contributed by atoms with van der Waals surface area (Å²) in [5.41, 5.74) is 1.15. The van der Waals surface area contributed by atoms with Gasteiger partial charge in [-0.2, -0.15) is 0 Å². The van der Waals surface area contributed by atoms with Crippen molar-refractivity contribution in [2.45, 2.75) is 19.3 Å². The van der Waals surface area contributed by atoms with Gasteiger partial charge in [0.25, 0.3) is 5.91 Å². The minimum Gasteiger partial charge on any atom is -0.351 e. The molecule has 1 amide bonds. The number of amides is 1. The molecule has 2 aromatic rings. The maximum absolute atomic E-state index is 13.1. The fourth-order valence-electron chi connectivity index (χ4n) is 2.04. The molecule has 0 aliphatic carbocycles. The quantitative estimate of drug-likeness (QED) is 0.901. The number of carbonyl (C=O) groups is 1. The molecule has 2 rings (SSSR count). The first-order valence-corrected chi connectivity index (χ1v) is 7.06. The van der Waals surface area contributed by atoms with Crippen molar-refractivity contribution in [2.24, 2.45) is 0 Å². The summed E-state index contributed by atoms with van der Waals surface area (Å²) < 4.78 is 13.1. The van der Waals surface area contributed by atoms with Crippen LogP contribution in [0, 0.1) is 5.82 Å². The number of carbonyl (C=O) groups excluding carboxylic acids is 1. The molecular weight excluding hydrogens is 289 g/mol. The Labute approximate surface area is 128 Å². The van der Waals surface area contributed by atoms with E-state index in [1.54, 1.807) is 6.07 Å². The molecule has 21 heavy (non-hydrogen) atoms. The topological polar surface area (TPSA) is 29.1 Å². The Morgan fingerprint density at radius 1 is 1.19 bits per heavy atom. The number of nitrogens with one attached hydrogen (secondary N) is 1. The van der Waals surface area contributed by atoms with Gasteiger partial charge in [-0.25, -0.2) is 4.39 Å². The fraction of sp³-hybridized carbons (Fsp3) is 0.235. The molecule has 0 spiro atoms. The fourth-order valence-corrected chi connectivity index (χ4v) is 2.16. The third-order valence-electron chi connectivity index (χ3n) is 3.40. The lowest BCUT2D eigenvalue weighted by Gasteiger charge is -2.25. The van der Waals surface area contributed by atoms with Crippen LogP contribution in [-0.2, 0) is 5.41 Å². The second-order valence-electron chi connectivity index (χ2n) is 5.58. The summed E-state index contributed by atoms with van der Waals surface area (Å²) in [6.07, 6.45) is 0. The molecule has 0 aliphatic heterocycles. The summed E-state index contributed by atoms with van der Waals surface area (Å²) in [7, 11) is 0. The zero-order valence-corrected chi connectivity index (χ0v) is 12.7. The van der Waals surface area contributed by atoms with Crippen LogP contribution < -0.4 is 5.32 Å². The molecule has 2 nitrogen and oxygen atoms in total. The molecule has 1 N–H and O–H groups in total. The lowest BCUT2D eigenvalue weighted by atomic mass is 9.84. The van der Waals surface area contributed by atoms with Gasteiger partial charge in [0.05, 0.1) is 0 Å². The predicted octanol–water partition coefficient (Wildman–Crippen LogP) is 4.19. The summed E-state index contributed by atoms with van der Waals surface area (Å²) >= 11 is 5.88. The highest BCUT2D eigenvalue weighted by Crippen LogP contribution is 2.24. The van der Waals surface area contributed by atoms with Gasteiger partial charge in [0, 0.05) is 22.5 Å². The van der Waals surface area contributed by atoms with Crippen molar-refractivity contribution in [2.75, 3.05) is 6.54 Å². The molecule has 0 heterocycles. The maximum atomic E-state index is 13.1. The Kier molecular flexibility index (Phi) is 4.63. The van der Waals surface area contributed by atoms with E-state index in [4.69, 9.17) is 11.6 Å². The summed E-state index contributed by atoms with van der Waals surface area (Å²) in [4.78, 5) is 12.0. The Bertz CT molecular complexity index is 637. The standard InChI is InChI=1S/C17H17ClFNO/c1-17(2,13-6-8-14(18)9-7-13)11-20-16(21)12-4-3-5-15(19)10-12/h3-10H,11H2,1-2H3,(H,20,21). The van der Waals surface area contributed by atoms with Gasteiger partial charge in [-0.3, -0.25) is 4.79 Å². The van der Waals surface area contributed by atoms with Gasteiger partial charge in [-0.1, -0.05) is 43.6 Å². The zero-order valence-electron chi connectivity index (χ0n) is 12.0. The number of hydrogen-bond donors (Lipinski definition) is 1. The van der Waals surface area contributed by atoms with Crippen LogP contribution >= 0.6 is 11.6 Å². The van der Waals surface area contributed by atoms with E-state index in [1.807, 2.05) is 38.1 Å². The molecule has 0 aliphatic rings. The highest BCUT2D eigenvalue weighted by molar-refractivity contribution is 6.30.